The topological polar surface area (TPSA) is 64.2 Å². The average molecular weight is 411 g/mol. The Morgan fingerprint density at radius 2 is 1.37 bits per heavy atom. The van der Waals surface area contributed by atoms with Gasteiger partial charge in [-0.3, -0.25) is 9.59 Å². The van der Waals surface area contributed by atoms with Gasteiger partial charge < -0.3 is 19.6 Å². The van der Waals surface area contributed by atoms with Gasteiger partial charge in [0.2, 0.25) is 11.8 Å². The van der Waals surface area contributed by atoms with Crippen LogP contribution in [-0.2, 0) is 9.59 Å². The summed E-state index contributed by atoms with van der Waals surface area (Å²) in [5.74, 6) is 0.144. The van der Waals surface area contributed by atoms with Crippen molar-refractivity contribution in [1.82, 2.24) is 14.7 Å². The van der Waals surface area contributed by atoms with E-state index in [1.165, 1.54) is 6.42 Å². The molecule has 0 bridgehead atoms. The first-order valence-corrected chi connectivity index (χ1v) is 11.0. The molecule has 0 unspecified atom stereocenters. The van der Waals surface area contributed by atoms with Crippen molar-refractivity contribution in [3.8, 4) is 0 Å². The van der Waals surface area contributed by atoms with Crippen molar-refractivity contribution in [2.75, 3.05) is 50.7 Å². The molecular formula is C23H30N4O3. The van der Waals surface area contributed by atoms with Crippen molar-refractivity contribution >= 4 is 29.6 Å². The number of likely N-dealkylation sites (tertiary alicyclic amines) is 1. The first-order chi connectivity index (χ1) is 14.6. The highest BCUT2D eigenvalue weighted by Gasteiger charge is 2.27. The predicted molar refractivity (Wildman–Crippen MR) is 116 cm³/mol. The number of hydrogen-bond donors (Lipinski definition) is 0. The summed E-state index contributed by atoms with van der Waals surface area (Å²) in [7, 11) is 0. The molecule has 3 aliphatic heterocycles. The van der Waals surface area contributed by atoms with Gasteiger partial charge in [0.05, 0.1) is 0 Å². The number of piperidine rings is 1. The molecule has 3 fully saturated rings. The van der Waals surface area contributed by atoms with E-state index < -0.39 is 0 Å². The van der Waals surface area contributed by atoms with Crippen molar-refractivity contribution in [3.63, 3.8) is 0 Å². The van der Waals surface area contributed by atoms with Crippen molar-refractivity contribution < 1.29 is 14.4 Å². The second kappa shape index (κ2) is 9.32. The molecule has 0 N–H and O–H groups in total. The Labute approximate surface area is 177 Å². The quantitative estimate of drug-likeness (QED) is 0.720. The molecule has 3 saturated heterocycles. The molecule has 0 aromatic heterocycles. The highest BCUT2D eigenvalue weighted by molar-refractivity contribution is 5.95. The molecule has 1 aromatic rings. The molecular weight excluding hydrogens is 380 g/mol. The van der Waals surface area contributed by atoms with Crippen LogP contribution in [0.5, 0.6) is 0 Å². The molecule has 0 saturated carbocycles. The number of urea groups is 1. The summed E-state index contributed by atoms with van der Waals surface area (Å²) in [5.41, 5.74) is 1.84. The van der Waals surface area contributed by atoms with Gasteiger partial charge in [-0.15, -0.1) is 0 Å². The number of amides is 4. The molecule has 7 nitrogen and oxygen atoms in total. The average Bonchev–Trinajstić information content (AvgIpc) is 3.24. The molecule has 3 heterocycles. The van der Waals surface area contributed by atoms with Gasteiger partial charge in [-0.25, -0.2) is 4.79 Å². The maximum atomic E-state index is 12.6. The van der Waals surface area contributed by atoms with Crippen LogP contribution in [0.15, 0.2) is 30.3 Å². The Morgan fingerprint density at radius 3 is 2.00 bits per heavy atom. The Kier molecular flexibility index (Phi) is 6.35. The fourth-order valence-corrected chi connectivity index (χ4v) is 4.36. The van der Waals surface area contributed by atoms with Gasteiger partial charge in [0.1, 0.15) is 0 Å². The minimum absolute atomic E-state index is 0.0288. The number of benzene rings is 1. The van der Waals surface area contributed by atoms with Gasteiger partial charge >= 0.3 is 6.03 Å². The molecule has 0 aliphatic carbocycles. The predicted octanol–water partition coefficient (Wildman–Crippen LogP) is 2.58. The van der Waals surface area contributed by atoms with Crippen LogP contribution in [0.1, 0.15) is 37.7 Å². The van der Waals surface area contributed by atoms with Crippen LogP contribution in [0.2, 0.25) is 0 Å². The van der Waals surface area contributed by atoms with Gasteiger partial charge in [0, 0.05) is 64.0 Å². The van der Waals surface area contributed by atoms with Gasteiger partial charge in [-0.1, -0.05) is 12.1 Å². The number of rotatable bonds is 3. The van der Waals surface area contributed by atoms with E-state index in [1.54, 1.807) is 11.0 Å². The minimum Gasteiger partial charge on any atom is -0.336 e. The van der Waals surface area contributed by atoms with E-state index in [1.807, 2.05) is 45.0 Å². The molecule has 0 radical (unpaired) electrons. The summed E-state index contributed by atoms with van der Waals surface area (Å²) in [6, 6.07) is 7.84. The molecule has 7 heteroatoms. The zero-order valence-corrected chi connectivity index (χ0v) is 17.5. The molecule has 30 heavy (non-hydrogen) atoms. The number of piperazine rings is 1. The third kappa shape index (κ3) is 4.66. The Hall–Kier alpha value is -2.83. The lowest BCUT2D eigenvalue weighted by molar-refractivity contribution is -0.127. The Morgan fingerprint density at radius 1 is 0.733 bits per heavy atom. The molecule has 0 spiro atoms. The first kappa shape index (κ1) is 20.4. The summed E-state index contributed by atoms with van der Waals surface area (Å²) >= 11 is 0. The molecule has 0 atom stereocenters. The van der Waals surface area contributed by atoms with Crippen LogP contribution in [0.4, 0.5) is 10.5 Å². The number of carbonyl (C=O) groups excluding carboxylic acids is 3. The van der Waals surface area contributed by atoms with Crippen LogP contribution < -0.4 is 4.90 Å². The summed E-state index contributed by atoms with van der Waals surface area (Å²) in [5, 5.41) is 0. The monoisotopic (exact) mass is 410 g/mol. The van der Waals surface area contributed by atoms with Crippen LogP contribution in [0, 0.1) is 0 Å². The lowest BCUT2D eigenvalue weighted by atomic mass is 10.1. The van der Waals surface area contributed by atoms with E-state index >= 15 is 0 Å². The number of nitrogens with zero attached hydrogens (tertiary/aromatic N) is 4. The largest absolute Gasteiger partial charge is 0.336 e. The van der Waals surface area contributed by atoms with Crippen LogP contribution in [-0.4, -0.2) is 78.4 Å². The smallest absolute Gasteiger partial charge is 0.320 e. The lowest BCUT2D eigenvalue weighted by Gasteiger charge is -2.38. The van der Waals surface area contributed by atoms with E-state index in [4.69, 9.17) is 0 Å². The normalized spacial score (nSPS) is 20.3. The van der Waals surface area contributed by atoms with E-state index in [2.05, 4.69) is 0 Å². The number of hydrogen-bond acceptors (Lipinski definition) is 3. The van der Waals surface area contributed by atoms with Crippen LogP contribution >= 0.6 is 0 Å². The van der Waals surface area contributed by atoms with Crippen LogP contribution in [0.25, 0.3) is 6.08 Å². The standard InChI is InChI=1S/C23H30N4O3/c28-21(11-8-19-6-9-20(10-7-19)27-14-4-5-22(27)29)24-15-17-26(18-16-24)23(30)25-12-2-1-3-13-25/h6-11H,1-5,12-18H2/b11-8+. The van der Waals surface area contributed by atoms with Crippen molar-refractivity contribution in [2.24, 2.45) is 0 Å². The summed E-state index contributed by atoms with van der Waals surface area (Å²) in [4.78, 5) is 44.4. The van der Waals surface area contributed by atoms with E-state index in [9.17, 15) is 14.4 Å². The van der Waals surface area contributed by atoms with Gasteiger partial charge in [-0.05, 0) is 49.5 Å². The second-order valence-corrected chi connectivity index (χ2v) is 8.22. The minimum atomic E-state index is -0.0288. The van der Waals surface area contributed by atoms with Crippen molar-refractivity contribution in [2.45, 2.75) is 32.1 Å². The molecule has 3 aliphatic rings. The third-order valence-electron chi connectivity index (χ3n) is 6.18. The summed E-state index contributed by atoms with van der Waals surface area (Å²) in [6.07, 6.45) is 8.31. The molecule has 4 amide bonds. The lowest BCUT2D eigenvalue weighted by Crippen LogP contribution is -2.54. The maximum Gasteiger partial charge on any atom is 0.320 e. The van der Waals surface area contributed by atoms with E-state index in [0.717, 1.165) is 50.1 Å². The Bertz CT molecular complexity index is 806. The number of carbonyl (C=O) groups is 3. The highest BCUT2D eigenvalue weighted by Crippen LogP contribution is 2.22. The zero-order chi connectivity index (χ0) is 20.9. The van der Waals surface area contributed by atoms with Gasteiger partial charge in [0.25, 0.3) is 0 Å². The molecule has 160 valence electrons. The van der Waals surface area contributed by atoms with Gasteiger partial charge in [-0.2, -0.15) is 0 Å². The van der Waals surface area contributed by atoms with Crippen molar-refractivity contribution in [1.29, 1.82) is 0 Å². The molecule has 1 aromatic carbocycles. The van der Waals surface area contributed by atoms with E-state index in [0.29, 0.717) is 32.6 Å². The van der Waals surface area contributed by atoms with E-state index in [-0.39, 0.29) is 17.8 Å². The van der Waals surface area contributed by atoms with Gasteiger partial charge in [0.15, 0.2) is 0 Å². The summed E-state index contributed by atoms with van der Waals surface area (Å²) < 4.78 is 0. The summed E-state index contributed by atoms with van der Waals surface area (Å²) in [6.45, 7) is 4.80. The first-order valence-electron chi connectivity index (χ1n) is 11.0. The second-order valence-electron chi connectivity index (χ2n) is 8.22. The molecule has 4 rings (SSSR count). The SMILES string of the molecule is O=C(/C=C/c1ccc(N2CCCC2=O)cc1)N1CCN(C(=O)N2CCCCC2)CC1. The van der Waals surface area contributed by atoms with Crippen LogP contribution in [0.3, 0.4) is 0 Å². The number of anilines is 1. The maximum absolute atomic E-state index is 12.6. The fraction of sp³-hybridized carbons (Fsp3) is 0.522. The third-order valence-corrected chi connectivity index (χ3v) is 6.18. The Balaban J connectivity index is 1.26. The highest BCUT2D eigenvalue weighted by atomic mass is 16.2. The van der Waals surface area contributed by atoms with Crippen molar-refractivity contribution in [3.05, 3.63) is 35.9 Å². The fourth-order valence-electron chi connectivity index (χ4n) is 4.36. The zero-order valence-electron chi connectivity index (χ0n) is 17.5.